The van der Waals surface area contributed by atoms with Gasteiger partial charge in [-0.2, -0.15) is 0 Å². The Labute approximate surface area is 178 Å². The summed E-state index contributed by atoms with van der Waals surface area (Å²) < 4.78 is 22.5. The van der Waals surface area contributed by atoms with Crippen LogP contribution < -0.4 is 19.5 Å². The number of nitrogens with zero attached hydrogens (tertiary/aromatic N) is 2. The van der Waals surface area contributed by atoms with Crippen LogP contribution in [0.25, 0.3) is 0 Å². The topological polar surface area (TPSA) is 64.6 Å². The van der Waals surface area contributed by atoms with Crippen molar-refractivity contribution in [2.24, 2.45) is 4.99 Å². The number of benzene rings is 2. The van der Waals surface area contributed by atoms with Crippen molar-refractivity contribution in [3.8, 4) is 17.2 Å². The van der Waals surface area contributed by atoms with Crippen molar-refractivity contribution in [2.75, 3.05) is 48.1 Å². The van der Waals surface area contributed by atoms with E-state index in [9.17, 15) is 0 Å². The van der Waals surface area contributed by atoms with Crippen molar-refractivity contribution in [3.05, 3.63) is 53.1 Å². The molecule has 30 heavy (non-hydrogen) atoms. The first kappa shape index (κ1) is 21.8. The number of morpholine rings is 1. The van der Waals surface area contributed by atoms with Crippen LogP contribution in [0.1, 0.15) is 22.8 Å². The monoisotopic (exact) mass is 413 g/mol. The predicted octanol–water partition coefficient (Wildman–Crippen LogP) is 3.17. The third-order valence-electron chi connectivity index (χ3n) is 5.34. The summed E-state index contributed by atoms with van der Waals surface area (Å²) in [7, 11) is 6.65. The molecule has 1 saturated heterocycles. The fourth-order valence-corrected chi connectivity index (χ4v) is 3.79. The molecule has 1 atom stereocenters. The summed E-state index contributed by atoms with van der Waals surface area (Å²) in [5.74, 6) is 2.70. The minimum absolute atomic E-state index is 0.0223. The summed E-state index contributed by atoms with van der Waals surface area (Å²) in [6.07, 6.45) is 0.0223. The zero-order chi connectivity index (χ0) is 21.5. The molecule has 7 nitrogen and oxygen atoms in total. The molecule has 2 aromatic rings. The summed E-state index contributed by atoms with van der Waals surface area (Å²) in [4.78, 5) is 6.72. The summed E-state index contributed by atoms with van der Waals surface area (Å²) in [6, 6.07) is 12.2. The molecule has 1 N–H and O–H groups in total. The number of nitrogens with one attached hydrogen (secondary N) is 1. The van der Waals surface area contributed by atoms with E-state index in [0.29, 0.717) is 30.4 Å². The standard InChI is InChI=1S/C23H31N3O4/c1-16-8-6-7-9-18(16)20-15-26(12-13-30-20)23(24-2)25-14-17-10-11-19(27-3)22(29-5)21(17)28-4/h6-11,20H,12-15H2,1-5H3,(H,24,25). The van der Waals surface area contributed by atoms with E-state index in [0.717, 1.165) is 24.6 Å². The summed E-state index contributed by atoms with van der Waals surface area (Å²) in [5.41, 5.74) is 3.42. The maximum Gasteiger partial charge on any atom is 0.203 e. The number of hydrogen-bond acceptors (Lipinski definition) is 5. The number of rotatable bonds is 6. The van der Waals surface area contributed by atoms with Crippen LogP contribution in [0.4, 0.5) is 0 Å². The van der Waals surface area contributed by atoms with E-state index in [-0.39, 0.29) is 6.10 Å². The summed E-state index contributed by atoms with van der Waals surface area (Å²) >= 11 is 0. The molecule has 1 fully saturated rings. The van der Waals surface area contributed by atoms with Crippen LogP contribution in [0, 0.1) is 6.92 Å². The molecule has 0 bridgehead atoms. The Morgan fingerprint density at radius 1 is 1.10 bits per heavy atom. The Hall–Kier alpha value is -2.93. The summed E-state index contributed by atoms with van der Waals surface area (Å²) in [5, 5.41) is 3.45. The Balaban J connectivity index is 1.73. The average molecular weight is 414 g/mol. The lowest BCUT2D eigenvalue weighted by atomic mass is 10.0. The van der Waals surface area contributed by atoms with Crippen molar-refractivity contribution < 1.29 is 18.9 Å². The Morgan fingerprint density at radius 3 is 2.53 bits per heavy atom. The van der Waals surface area contributed by atoms with Crippen LogP contribution in [0.2, 0.25) is 0 Å². The first-order chi connectivity index (χ1) is 14.6. The number of ether oxygens (including phenoxy) is 4. The molecular formula is C23H31N3O4. The largest absolute Gasteiger partial charge is 0.493 e. The van der Waals surface area contributed by atoms with Gasteiger partial charge in [0.05, 0.1) is 34.5 Å². The molecule has 7 heteroatoms. The third kappa shape index (κ3) is 4.62. The van der Waals surface area contributed by atoms with Crippen molar-refractivity contribution in [1.82, 2.24) is 10.2 Å². The van der Waals surface area contributed by atoms with E-state index < -0.39 is 0 Å². The van der Waals surface area contributed by atoms with Gasteiger partial charge in [0.15, 0.2) is 17.5 Å². The lowest BCUT2D eigenvalue weighted by molar-refractivity contribution is -0.00834. The Bertz CT molecular complexity index is 885. The highest BCUT2D eigenvalue weighted by atomic mass is 16.5. The van der Waals surface area contributed by atoms with Gasteiger partial charge >= 0.3 is 0 Å². The van der Waals surface area contributed by atoms with E-state index in [2.05, 4.69) is 46.4 Å². The molecule has 0 radical (unpaired) electrons. The molecular weight excluding hydrogens is 382 g/mol. The molecule has 0 aromatic heterocycles. The van der Waals surface area contributed by atoms with Gasteiger partial charge in [0.1, 0.15) is 6.10 Å². The molecule has 1 heterocycles. The highest BCUT2D eigenvalue weighted by Crippen LogP contribution is 2.39. The van der Waals surface area contributed by atoms with Gasteiger partial charge in [0.25, 0.3) is 0 Å². The highest BCUT2D eigenvalue weighted by molar-refractivity contribution is 5.80. The molecule has 0 saturated carbocycles. The van der Waals surface area contributed by atoms with Crippen LogP contribution in [0.3, 0.4) is 0 Å². The van der Waals surface area contributed by atoms with Gasteiger partial charge in [-0.3, -0.25) is 4.99 Å². The van der Waals surface area contributed by atoms with Gasteiger partial charge in [-0.05, 0) is 30.2 Å². The minimum Gasteiger partial charge on any atom is -0.493 e. The lowest BCUT2D eigenvalue weighted by Crippen LogP contribution is -2.48. The number of guanidine groups is 1. The molecule has 0 amide bonds. The fourth-order valence-electron chi connectivity index (χ4n) is 3.79. The Kier molecular flexibility index (Phi) is 7.41. The number of methoxy groups -OCH3 is 3. The maximum atomic E-state index is 6.05. The van der Waals surface area contributed by atoms with Gasteiger partial charge in [0.2, 0.25) is 5.75 Å². The van der Waals surface area contributed by atoms with E-state index in [4.69, 9.17) is 18.9 Å². The lowest BCUT2D eigenvalue weighted by Gasteiger charge is -2.35. The molecule has 0 spiro atoms. The third-order valence-corrected chi connectivity index (χ3v) is 5.34. The molecule has 3 rings (SSSR count). The SMILES string of the molecule is CN=C(NCc1ccc(OC)c(OC)c1OC)N1CCOC(c2ccccc2C)C1. The first-order valence-corrected chi connectivity index (χ1v) is 10.0. The van der Waals surface area contributed by atoms with Gasteiger partial charge in [-0.15, -0.1) is 0 Å². The molecule has 1 aliphatic rings. The van der Waals surface area contributed by atoms with E-state index in [1.54, 1.807) is 28.4 Å². The van der Waals surface area contributed by atoms with Gasteiger partial charge in [-0.25, -0.2) is 0 Å². The van der Waals surface area contributed by atoms with E-state index in [1.165, 1.54) is 11.1 Å². The number of aryl methyl sites for hydroxylation is 1. The van der Waals surface area contributed by atoms with E-state index in [1.807, 2.05) is 12.1 Å². The fraction of sp³-hybridized carbons (Fsp3) is 0.435. The van der Waals surface area contributed by atoms with Crippen molar-refractivity contribution in [1.29, 1.82) is 0 Å². The molecule has 162 valence electrons. The molecule has 1 aliphatic heterocycles. The first-order valence-electron chi connectivity index (χ1n) is 10.0. The quantitative estimate of drug-likeness (QED) is 0.580. The predicted molar refractivity (Wildman–Crippen MR) is 118 cm³/mol. The van der Waals surface area contributed by atoms with Crippen LogP contribution in [0.5, 0.6) is 17.2 Å². The second-order valence-corrected chi connectivity index (χ2v) is 7.06. The maximum absolute atomic E-state index is 6.05. The minimum atomic E-state index is 0.0223. The van der Waals surface area contributed by atoms with Gasteiger partial charge in [-0.1, -0.05) is 24.3 Å². The molecule has 0 aliphatic carbocycles. The second kappa shape index (κ2) is 10.2. The van der Waals surface area contributed by atoms with Crippen LogP contribution in [-0.4, -0.2) is 58.9 Å². The Morgan fingerprint density at radius 2 is 1.87 bits per heavy atom. The normalized spacial score (nSPS) is 16.9. The van der Waals surface area contributed by atoms with Crippen molar-refractivity contribution in [2.45, 2.75) is 19.6 Å². The summed E-state index contributed by atoms with van der Waals surface area (Å²) in [6.45, 7) is 4.84. The highest BCUT2D eigenvalue weighted by Gasteiger charge is 2.25. The van der Waals surface area contributed by atoms with Crippen molar-refractivity contribution >= 4 is 5.96 Å². The van der Waals surface area contributed by atoms with Gasteiger partial charge < -0.3 is 29.2 Å². The van der Waals surface area contributed by atoms with Crippen LogP contribution in [0.15, 0.2) is 41.4 Å². The van der Waals surface area contributed by atoms with E-state index >= 15 is 0 Å². The smallest absolute Gasteiger partial charge is 0.203 e. The second-order valence-electron chi connectivity index (χ2n) is 7.06. The van der Waals surface area contributed by atoms with Crippen LogP contribution >= 0.6 is 0 Å². The number of aliphatic imine (C=N–C) groups is 1. The van der Waals surface area contributed by atoms with Crippen molar-refractivity contribution in [3.63, 3.8) is 0 Å². The van der Waals surface area contributed by atoms with Crippen LogP contribution in [-0.2, 0) is 11.3 Å². The average Bonchev–Trinajstić information content (AvgIpc) is 2.79. The van der Waals surface area contributed by atoms with Gasteiger partial charge in [0, 0.05) is 25.7 Å². The number of hydrogen-bond donors (Lipinski definition) is 1. The zero-order valence-electron chi connectivity index (χ0n) is 18.4. The molecule has 1 unspecified atom stereocenters. The molecule has 2 aromatic carbocycles. The zero-order valence-corrected chi connectivity index (χ0v) is 18.4.